The summed E-state index contributed by atoms with van der Waals surface area (Å²) in [6, 6.07) is -0.223. The van der Waals surface area contributed by atoms with Crippen molar-refractivity contribution in [2.24, 2.45) is 11.7 Å². The number of nitrogens with one attached hydrogen (secondary N) is 1. The molecule has 9 heteroatoms. The lowest BCUT2D eigenvalue weighted by atomic mass is 9.85. The first-order valence-electron chi connectivity index (χ1n) is 7.72. The maximum atomic E-state index is 12.8. The summed E-state index contributed by atoms with van der Waals surface area (Å²) in [5, 5.41) is 0. The van der Waals surface area contributed by atoms with Gasteiger partial charge in [-0.1, -0.05) is 12.8 Å². The van der Waals surface area contributed by atoms with Crippen LogP contribution in [0.15, 0.2) is 9.31 Å². The molecule has 1 heterocycles. The van der Waals surface area contributed by atoms with Gasteiger partial charge in [0.2, 0.25) is 10.0 Å². The Morgan fingerprint density at radius 2 is 1.92 bits per heavy atom. The Labute approximate surface area is 148 Å². The van der Waals surface area contributed by atoms with Crippen molar-refractivity contribution in [2.45, 2.75) is 50.5 Å². The fourth-order valence-corrected chi connectivity index (χ4v) is 4.97. The molecular formula is C15H25ClN2O5S. The highest BCUT2D eigenvalue weighted by Gasteiger charge is 2.35. The Balaban J connectivity index is 0.00000288. The smallest absolute Gasteiger partial charge is 0.342 e. The van der Waals surface area contributed by atoms with Gasteiger partial charge in [0, 0.05) is 6.04 Å². The monoisotopic (exact) mass is 380 g/mol. The molecule has 138 valence electrons. The molecule has 0 amide bonds. The van der Waals surface area contributed by atoms with E-state index in [9.17, 15) is 13.2 Å². The van der Waals surface area contributed by atoms with Gasteiger partial charge in [0.05, 0.1) is 7.11 Å². The van der Waals surface area contributed by atoms with Gasteiger partial charge in [-0.05, 0) is 39.2 Å². The maximum absolute atomic E-state index is 12.8. The normalized spacial score (nSPS) is 21.2. The van der Waals surface area contributed by atoms with Crippen LogP contribution in [0, 0.1) is 19.8 Å². The number of carbonyl (C=O) groups excluding carboxylic acids is 1. The minimum atomic E-state index is -3.90. The zero-order valence-electron chi connectivity index (χ0n) is 14.1. The largest absolute Gasteiger partial charge is 0.465 e. The summed E-state index contributed by atoms with van der Waals surface area (Å²) < 4.78 is 38.4. The Morgan fingerprint density at radius 3 is 2.50 bits per heavy atom. The molecule has 1 aliphatic carbocycles. The van der Waals surface area contributed by atoms with Crippen LogP contribution in [-0.4, -0.2) is 34.1 Å². The number of methoxy groups -OCH3 is 1. The van der Waals surface area contributed by atoms with E-state index in [1.54, 1.807) is 6.92 Å². The summed E-state index contributed by atoms with van der Waals surface area (Å²) in [5.41, 5.74) is 5.71. The number of hydrogen-bond acceptors (Lipinski definition) is 6. The minimum absolute atomic E-state index is 0. The predicted octanol–water partition coefficient (Wildman–Crippen LogP) is 1.90. The molecule has 0 bridgehead atoms. The number of carbonyl (C=O) groups is 1. The summed E-state index contributed by atoms with van der Waals surface area (Å²) in [4.78, 5) is 11.8. The number of hydrogen-bond donors (Lipinski definition) is 2. The summed E-state index contributed by atoms with van der Waals surface area (Å²) >= 11 is 0. The van der Waals surface area contributed by atoms with E-state index in [1.807, 2.05) is 0 Å². The molecule has 1 aliphatic rings. The Hall–Kier alpha value is -1.09. The third-order valence-electron chi connectivity index (χ3n) is 4.38. The van der Waals surface area contributed by atoms with E-state index >= 15 is 0 Å². The van der Waals surface area contributed by atoms with E-state index in [0.29, 0.717) is 6.54 Å². The molecule has 2 atom stereocenters. The molecular weight excluding hydrogens is 356 g/mol. The van der Waals surface area contributed by atoms with Crippen LogP contribution in [0.1, 0.15) is 47.6 Å². The van der Waals surface area contributed by atoms with Gasteiger partial charge in [0.1, 0.15) is 22.0 Å². The number of ether oxygens (including phenoxy) is 1. The lowest BCUT2D eigenvalue weighted by Gasteiger charge is -2.31. The molecule has 2 rings (SSSR count). The third-order valence-corrected chi connectivity index (χ3v) is 6.02. The summed E-state index contributed by atoms with van der Waals surface area (Å²) in [5.74, 6) is -0.212. The second-order valence-electron chi connectivity index (χ2n) is 5.92. The molecule has 1 aromatic heterocycles. The van der Waals surface area contributed by atoms with Gasteiger partial charge in [-0.3, -0.25) is 0 Å². The van der Waals surface area contributed by atoms with Crippen molar-refractivity contribution in [3.63, 3.8) is 0 Å². The number of aryl methyl sites for hydroxylation is 2. The number of esters is 1. The van der Waals surface area contributed by atoms with E-state index in [-0.39, 0.29) is 46.3 Å². The standard InChI is InChI=1S/C15H24N2O5S.ClH/c1-9-13(15(18)21-3)14(10(2)22-9)23(19,20)17-12-7-5-4-6-11(12)8-16;/h11-12,17H,4-8,16H2,1-3H3;1H. The molecule has 7 nitrogen and oxygen atoms in total. The highest BCUT2D eigenvalue weighted by Crippen LogP contribution is 2.30. The zero-order chi connectivity index (χ0) is 17.2. The second-order valence-corrected chi connectivity index (χ2v) is 7.57. The van der Waals surface area contributed by atoms with Gasteiger partial charge in [-0.15, -0.1) is 12.4 Å². The quantitative estimate of drug-likeness (QED) is 0.754. The first-order chi connectivity index (χ1) is 10.8. The predicted molar refractivity (Wildman–Crippen MR) is 91.9 cm³/mol. The first-order valence-corrected chi connectivity index (χ1v) is 9.20. The van der Waals surface area contributed by atoms with Crippen molar-refractivity contribution in [3.05, 3.63) is 17.1 Å². The summed E-state index contributed by atoms with van der Waals surface area (Å²) in [7, 11) is -2.69. The fourth-order valence-electron chi connectivity index (χ4n) is 3.23. The van der Waals surface area contributed by atoms with Crippen LogP contribution in [0.25, 0.3) is 0 Å². The summed E-state index contributed by atoms with van der Waals surface area (Å²) in [6.45, 7) is 3.50. The van der Waals surface area contributed by atoms with E-state index in [4.69, 9.17) is 10.2 Å². The van der Waals surface area contributed by atoms with Gasteiger partial charge in [0.25, 0.3) is 0 Å². The third kappa shape index (κ3) is 4.11. The van der Waals surface area contributed by atoms with Gasteiger partial charge in [-0.2, -0.15) is 0 Å². The van der Waals surface area contributed by atoms with Crippen LogP contribution < -0.4 is 10.5 Å². The van der Waals surface area contributed by atoms with E-state index in [0.717, 1.165) is 25.7 Å². The Kier molecular flexibility index (Phi) is 7.27. The van der Waals surface area contributed by atoms with Crippen LogP contribution in [0.5, 0.6) is 0 Å². The van der Waals surface area contributed by atoms with E-state index in [2.05, 4.69) is 9.46 Å². The van der Waals surface area contributed by atoms with Crippen molar-refractivity contribution in [1.82, 2.24) is 4.72 Å². The molecule has 0 radical (unpaired) electrons. The highest BCUT2D eigenvalue weighted by molar-refractivity contribution is 7.89. The number of nitrogens with two attached hydrogens (primary N) is 1. The van der Waals surface area contributed by atoms with Crippen molar-refractivity contribution in [2.75, 3.05) is 13.7 Å². The molecule has 24 heavy (non-hydrogen) atoms. The Bertz CT molecular complexity index is 686. The van der Waals surface area contributed by atoms with Crippen LogP contribution in [0.3, 0.4) is 0 Å². The van der Waals surface area contributed by atoms with Gasteiger partial charge in [-0.25, -0.2) is 17.9 Å². The molecule has 0 spiro atoms. The van der Waals surface area contributed by atoms with Crippen LogP contribution in [0.2, 0.25) is 0 Å². The van der Waals surface area contributed by atoms with Crippen LogP contribution >= 0.6 is 12.4 Å². The molecule has 0 saturated heterocycles. The SMILES string of the molecule is COC(=O)c1c(C)oc(C)c1S(=O)(=O)NC1CCCCC1CN.Cl. The maximum Gasteiger partial charge on any atom is 0.342 e. The number of halogens is 1. The minimum Gasteiger partial charge on any atom is -0.465 e. The zero-order valence-corrected chi connectivity index (χ0v) is 15.8. The topological polar surface area (TPSA) is 112 Å². The lowest BCUT2D eigenvalue weighted by Crippen LogP contribution is -2.45. The summed E-state index contributed by atoms with van der Waals surface area (Å²) in [6.07, 6.45) is 3.65. The van der Waals surface area contributed by atoms with E-state index < -0.39 is 16.0 Å². The van der Waals surface area contributed by atoms with E-state index in [1.165, 1.54) is 14.0 Å². The fraction of sp³-hybridized carbons (Fsp3) is 0.667. The first kappa shape index (κ1) is 21.0. The Morgan fingerprint density at radius 1 is 1.29 bits per heavy atom. The molecule has 3 N–H and O–H groups in total. The molecule has 1 aromatic rings. The molecule has 1 saturated carbocycles. The van der Waals surface area contributed by atoms with Crippen LogP contribution in [0.4, 0.5) is 0 Å². The number of sulfonamides is 1. The van der Waals surface area contributed by atoms with Gasteiger partial charge in [0.15, 0.2) is 0 Å². The molecule has 0 aliphatic heterocycles. The highest BCUT2D eigenvalue weighted by atomic mass is 35.5. The molecule has 1 fully saturated rings. The number of furan rings is 1. The molecule has 0 aromatic carbocycles. The second kappa shape index (κ2) is 8.33. The van der Waals surface area contributed by atoms with Crippen molar-refractivity contribution >= 4 is 28.4 Å². The van der Waals surface area contributed by atoms with Gasteiger partial charge >= 0.3 is 5.97 Å². The molecule has 2 unspecified atom stereocenters. The van der Waals surface area contributed by atoms with Crippen LogP contribution in [-0.2, 0) is 14.8 Å². The van der Waals surface area contributed by atoms with Gasteiger partial charge < -0.3 is 14.9 Å². The van der Waals surface area contributed by atoms with Crippen molar-refractivity contribution in [3.8, 4) is 0 Å². The lowest BCUT2D eigenvalue weighted by molar-refractivity contribution is 0.0594. The number of rotatable bonds is 5. The average Bonchev–Trinajstić information content (AvgIpc) is 2.81. The average molecular weight is 381 g/mol. The van der Waals surface area contributed by atoms with Crippen molar-refractivity contribution in [1.29, 1.82) is 0 Å². The van der Waals surface area contributed by atoms with Crippen molar-refractivity contribution < 1.29 is 22.4 Å².